The molecule has 0 aromatic carbocycles. The second-order valence-electron chi connectivity index (χ2n) is 16.8. The van der Waals surface area contributed by atoms with Crippen LogP contribution in [0.2, 0.25) is 0 Å². The molecule has 3 N–H and O–H groups in total. The molecular formula is C53H95NO5. The maximum Gasteiger partial charge on any atom is 0.305 e. The number of esters is 1. The van der Waals surface area contributed by atoms with Crippen molar-refractivity contribution >= 4 is 11.9 Å². The van der Waals surface area contributed by atoms with Gasteiger partial charge in [0.25, 0.3) is 0 Å². The molecule has 0 aliphatic rings. The molecule has 0 fully saturated rings. The van der Waals surface area contributed by atoms with E-state index in [2.05, 4.69) is 61.7 Å². The van der Waals surface area contributed by atoms with E-state index < -0.39 is 12.1 Å². The summed E-state index contributed by atoms with van der Waals surface area (Å²) in [7, 11) is 0. The Hall–Kier alpha value is -2.44. The molecule has 1 amide bonds. The van der Waals surface area contributed by atoms with Crippen LogP contribution in [0.25, 0.3) is 0 Å². The van der Waals surface area contributed by atoms with E-state index in [4.69, 9.17) is 4.74 Å². The number of carbonyl (C=O) groups is 2. The van der Waals surface area contributed by atoms with Crippen LogP contribution in [0.5, 0.6) is 0 Å². The smallest absolute Gasteiger partial charge is 0.305 e. The molecule has 342 valence electrons. The fraction of sp³-hybridized carbons (Fsp3) is 0.774. The minimum atomic E-state index is -0.881. The molecule has 0 aromatic heterocycles. The number of unbranched alkanes of at least 4 members (excludes halogenated alkanes) is 26. The highest BCUT2D eigenvalue weighted by atomic mass is 16.5. The molecule has 0 heterocycles. The molecule has 0 aromatic rings. The standard InChI is InChI=1S/C53H95NO5/c1-3-5-7-9-11-13-15-17-18-19-22-25-29-33-37-41-45-51(56)50(49-55)54-52(57)46-42-38-34-30-26-23-20-24-28-32-36-40-44-48-59-53(58)47-43-39-35-31-27-21-16-14-12-10-8-6-4-2/h8,10,14,16,23,26,34,38,41,45,50-51,55-56H,3-7,9,11-13,15,17-22,24-25,27-33,35-37,39-40,42-44,46-49H2,1-2H3,(H,54,57)/b10-8-,16-14-,26-23-,38-34-,45-41+. The number of carbonyl (C=O) groups excluding carboxylic acids is 2. The molecule has 0 aliphatic heterocycles. The lowest BCUT2D eigenvalue weighted by molar-refractivity contribution is -0.143. The maximum absolute atomic E-state index is 12.4. The van der Waals surface area contributed by atoms with Crippen molar-refractivity contribution in [2.45, 2.75) is 251 Å². The van der Waals surface area contributed by atoms with Crippen LogP contribution in [0.4, 0.5) is 0 Å². The van der Waals surface area contributed by atoms with E-state index in [9.17, 15) is 19.8 Å². The van der Waals surface area contributed by atoms with Crippen LogP contribution >= 0.6 is 0 Å². The summed E-state index contributed by atoms with van der Waals surface area (Å²) < 4.78 is 5.43. The highest BCUT2D eigenvalue weighted by Gasteiger charge is 2.17. The minimum Gasteiger partial charge on any atom is -0.466 e. The molecule has 0 bridgehead atoms. The van der Waals surface area contributed by atoms with Gasteiger partial charge in [0, 0.05) is 12.8 Å². The summed E-state index contributed by atoms with van der Waals surface area (Å²) in [6.45, 7) is 4.75. The molecule has 59 heavy (non-hydrogen) atoms. The van der Waals surface area contributed by atoms with E-state index in [1.807, 2.05) is 12.2 Å². The molecule has 0 saturated heterocycles. The average molecular weight is 826 g/mol. The molecule has 0 rings (SSSR count). The number of amides is 1. The van der Waals surface area contributed by atoms with Crippen LogP contribution in [-0.4, -0.2) is 47.4 Å². The first-order chi connectivity index (χ1) is 29.0. The fourth-order valence-corrected chi connectivity index (χ4v) is 7.13. The minimum absolute atomic E-state index is 0.0350. The molecule has 2 unspecified atom stereocenters. The lowest BCUT2D eigenvalue weighted by Crippen LogP contribution is -2.45. The Morgan fingerprint density at radius 3 is 1.39 bits per heavy atom. The first-order valence-electron chi connectivity index (χ1n) is 25.1. The number of aliphatic hydroxyl groups is 2. The molecule has 2 atom stereocenters. The molecule has 0 saturated carbocycles. The number of hydrogen-bond donors (Lipinski definition) is 3. The number of nitrogens with one attached hydrogen (secondary N) is 1. The lowest BCUT2D eigenvalue weighted by Gasteiger charge is -2.19. The Bertz CT molecular complexity index is 1050. The molecule has 6 nitrogen and oxygen atoms in total. The number of allylic oxidation sites excluding steroid dienone is 9. The predicted molar refractivity (Wildman–Crippen MR) is 255 cm³/mol. The van der Waals surface area contributed by atoms with Crippen LogP contribution < -0.4 is 5.32 Å². The van der Waals surface area contributed by atoms with Gasteiger partial charge in [-0.05, 0) is 77.0 Å². The summed E-state index contributed by atoms with van der Waals surface area (Å²) in [5.74, 6) is -0.186. The first-order valence-corrected chi connectivity index (χ1v) is 25.1. The SMILES string of the molecule is CCC/C=C\C/C=C\CCCCCCCC(=O)OCCCCCCCC/C=C\C/C=C\CCC(=O)NC(CO)C(O)/C=C/CCCCCCCCCCCCCCCC. The molecular weight excluding hydrogens is 731 g/mol. The Morgan fingerprint density at radius 1 is 0.475 bits per heavy atom. The van der Waals surface area contributed by atoms with Gasteiger partial charge in [-0.25, -0.2) is 0 Å². The fourth-order valence-electron chi connectivity index (χ4n) is 7.13. The Morgan fingerprint density at radius 2 is 0.898 bits per heavy atom. The summed E-state index contributed by atoms with van der Waals surface area (Å²) in [6, 6.07) is -0.673. The van der Waals surface area contributed by atoms with Gasteiger partial charge in [-0.2, -0.15) is 0 Å². The van der Waals surface area contributed by atoms with E-state index in [0.29, 0.717) is 25.9 Å². The van der Waals surface area contributed by atoms with Gasteiger partial charge < -0.3 is 20.3 Å². The van der Waals surface area contributed by atoms with Gasteiger partial charge >= 0.3 is 5.97 Å². The third-order valence-corrected chi connectivity index (χ3v) is 11.0. The van der Waals surface area contributed by atoms with Crippen LogP contribution in [0.1, 0.15) is 239 Å². The number of ether oxygens (including phenoxy) is 1. The first kappa shape index (κ1) is 56.6. The normalized spacial score (nSPS) is 13.2. The summed E-state index contributed by atoms with van der Waals surface area (Å²) >= 11 is 0. The van der Waals surface area contributed by atoms with Crippen molar-refractivity contribution in [3.63, 3.8) is 0 Å². The summed E-state index contributed by atoms with van der Waals surface area (Å²) in [5, 5.41) is 23.0. The Balaban J connectivity index is 3.62. The van der Waals surface area contributed by atoms with Crippen LogP contribution in [0.3, 0.4) is 0 Å². The van der Waals surface area contributed by atoms with Crippen molar-refractivity contribution in [3.05, 3.63) is 60.8 Å². The average Bonchev–Trinajstić information content (AvgIpc) is 3.24. The van der Waals surface area contributed by atoms with Gasteiger partial charge in [-0.1, -0.05) is 209 Å². The third-order valence-electron chi connectivity index (χ3n) is 11.0. The van der Waals surface area contributed by atoms with Crippen molar-refractivity contribution in [2.75, 3.05) is 13.2 Å². The van der Waals surface area contributed by atoms with Crippen LogP contribution in [0, 0.1) is 0 Å². The Labute approximate surface area is 365 Å². The van der Waals surface area contributed by atoms with Gasteiger partial charge in [0.2, 0.25) is 5.91 Å². The summed E-state index contributed by atoms with van der Waals surface area (Å²) in [4.78, 5) is 24.4. The van der Waals surface area contributed by atoms with Crippen molar-refractivity contribution in [2.24, 2.45) is 0 Å². The van der Waals surface area contributed by atoms with Gasteiger partial charge in [-0.3, -0.25) is 9.59 Å². The van der Waals surface area contributed by atoms with E-state index in [1.165, 1.54) is 141 Å². The van der Waals surface area contributed by atoms with Crippen LogP contribution in [-0.2, 0) is 14.3 Å². The highest BCUT2D eigenvalue weighted by Crippen LogP contribution is 2.14. The van der Waals surface area contributed by atoms with E-state index >= 15 is 0 Å². The number of rotatable bonds is 45. The van der Waals surface area contributed by atoms with Gasteiger partial charge in [0.1, 0.15) is 0 Å². The zero-order valence-corrected chi connectivity index (χ0v) is 38.7. The van der Waals surface area contributed by atoms with Crippen molar-refractivity contribution in [1.82, 2.24) is 5.32 Å². The zero-order chi connectivity index (χ0) is 43.0. The van der Waals surface area contributed by atoms with Gasteiger partial charge in [-0.15, -0.1) is 0 Å². The highest BCUT2D eigenvalue weighted by molar-refractivity contribution is 5.76. The van der Waals surface area contributed by atoms with Gasteiger partial charge in [0.05, 0.1) is 25.4 Å². The summed E-state index contributed by atoms with van der Waals surface area (Å²) in [5.41, 5.74) is 0. The quantitative estimate of drug-likeness (QED) is 0.0323. The second-order valence-corrected chi connectivity index (χ2v) is 16.8. The van der Waals surface area contributed by atoms with Crippen molar-refractivity contribution in [1.29, 1.82) is 0 Å². The van der Waals surface area contributed by atoms with Crippen LogP contribution in [0.15, 0.2) is 60.8 Å². The zero-order valence-electron chi connectivity index (χ0n) is 38.7. The number of aliphatic hydroxyl groups excluding tert-OH is 2. The topological polar surface area (TPSA) is 95.9 Å². The predicted octanol–water partition coefficient (Wildman–Crippen LogP) is 14.8. The van der Waals surface area contributed by atoms with E-state index in [0.717, 1.165) is 64.2 Å². The third kappa shape index (κ3) is 44.9. The molecule has 0 aliphatic carbocycles. The monoisotopic (exact) mass is 826 g/mol. The lowest BCUT2D eigenvalue weighted by atomic mass is 10.0. The molecule has 6 heteroatoms. The Kier molecular flexibility index (Phi) is 46.2. The largest absolute Gasteiger partial charge is 0.466 e. The second kappa shape index (κ2) is 48.2. The summed E-state index contributed by atoms with van der Waals surface area (Å²) in [6.07, 6.45) is 60.8. The molecule has 0 radical (unpaired) electrons. The van der Waals surface area contributed by atoms with Gasteiger partial charge in [0.15, 0.2) is 0 Å². The van der Waals surface area contributed by atoms with E-state index in [1.54, 1.807) is 6.08 Å². The number of hydrogen-bond acceptors (Lipinski definition) is 5. The van der Waals surface area contributed by atoms with Crippen molar-refractivity contribution < 1.29 is 24.5 Å². The van der Waals surface area contributed by atoms with E-state index in [-0.39, 0.29) is 18.5 Å². The maximum atomic E-state index is 12.4. The van der Waals surface area contributed by atoms with Crippen molar-refractivity contribution in [3.8, 4) is 0 Å². The molecule has 0 spiro atoms.